The van der Waals surface area contributed by atoms with E-state index in [9.17, 15) is 13.2 Å². The molecule has 2 N–H and O–H groups in total. The predicted molar refractivity (Wildman–Crippen MR) is 169 cm³/mol. The second-order valence-electron chi connectivity index (χ2n) is 14.9. The number of halogens is 3. The molecule has 0 aliphatic carbocycles. The Balaban J connectivity index is 0. The molecule has 0 unspecified atom stereocenters. The third-order valence-electron chi connectivity index (χ3n) is 5.96. The van der Waals surface area contributed by atoms with Crippen LogP contribution in [0.4, 0.5) is 13.2 Å². The van der Waals surface area contributed by atoms with Gasteiger partial charge in [0.15, 0.2) is 0 Å². The highest BCUT2D eigenvalue weighted by Gasteiger charge is 2.43. The van der Waals surface area contributed by atoms with Crippen molar-refractivity contribution in [3.63, 3.8) is 0 Å². The number of hydrogen-bond acceptors (Lipinski definition) is 5. The lowest BCUT2D eigenvalue weighted by molar-refractivity contribution is -0.0681. The van der Waals surface area contributed by atoms with Crippen molar-refractivity contribution >= 4 is 0 Å². The Hall–Kier alpha value is -0.410. The first kappa shape index (κ1) is 41.7. The number of morpholine rings is 1. The molecule has 0 aromatic carbocycles. The third-order valence-corrected chi connectivity index (χ3v) is 5.96. The Labute approximate surface area is 247 Å². The summed E-state index contributed by atoms with van der Waals surface area (Å²) < 4.78 is 42.0. The van der Waals surface area contributed by atoms with Gasteiger partial charge in [-0.05, 0) is 86.2 Å². The average Bonchev–Trinajstić information content (AvgIpc) is 3.46. The fourth-order valence-electron chi connectivity index (χ4n) is 3.71. The van der Waals surface area contributed by atoms with Gasteiger partial charge in [0.25, 0.3) is 5.92 Å². The Morgan fingerprint density at radius 2 is 1.07 bits per heavy atom. The zero-order valence-corrected chi connectivity index (χ0v) is 28.8. The molecule has 4 heterocycles. The van der Waals surface area contributed by atoms with Gasteiger partial charge in [-0.3, -0.25) is 9.80 Å². The van der Waals surface area contributed by atoms with Crippen molar-refractivity contribution in [1.29, 1.82) is 0 Å². The maximum atomic E-state index is 12.9. The van der Waals surface area contributed by atoms with Crippen molar-refractivity contribution in [2.45, 2.75) is 132 Å². The van der Waals surface area contributed by atoms with E-state index >= 15 is 0 Å². The predicted octanol–water partition coefficient (Wildman–Crippen LogP) is 7.26. The van der Waals surface area contributed by atoms with Gasteiger partial charge < -0.3 is 15.4 Å². The molecule has 4 aliphatic heterocycles. The minimum absolute atomic E-state index is 0.00694. The molecule has 0 aromatic rings. The summed E-state index contributed by atoms with van der Waals surface area (Å²) in [5.41, 5.74) is -0.456. The summed E-state index contributed by atoms with van der Waals surface area (Å²) in [6, 6.07) is 0. The van der Waals surface area contributed by atoms with Crippen molar-refractivity contribution in [3.8, 4) is 0 Å². The highest BCUT2D eigenvalue weighted by Crippen LogP contribution is 2.30. The fourth-order valence-corrected chi connectivity index (χ4v) is 3.71. The number of nitrogens with one attached hydrogen (secondary N) is 2. The van der Waals surface area contributed by atoms with Crippen molar-refractivity contribution in [2.24, 2.45) is 11.8 Å². The molecule has 0 aromatic heterocycles. The van der Waals surface area contributed by atoms with Crippen molar-refractivity contribution in [2.75, 3.05) is 65.6 Å². The molecule has 4 saturated heterocycles. The topological polar surface area (TPSA) is 39.8 Å². The molecule has 244 valence electrons. The van der Waals surface area contributed by atoms with E-state index in [1.807, 2.05) is 0 Å². The van der Waals surface area contributed by atoms with Gasteiger partial charge >= 0.3 is 0 Å². The molecule has 4 fully saturated rings. The number of ether oxygens (including phenoxy) is 1. The van der Waals surface area contributed by atoms with Crippen LogP contribution in [0.25, 0.3) is 0 Å². The lowest BCUT2D eigenvalue weighted by Gasteiger charge is -2.49. The normalized spacial score (nSPS) is 22.1. The van der Waals surface area contributed by atoms with Crippen LogP contribution in [0.3, 0.4) is 0 Å². The van der Waals surface area contributed by atoms with Gasteiger partial charge in [0.05, 0.1) is 19.8 Å². The molecule has 0 bridgehead atoms. The van der Waals surface area contributed by atoms with Crippen LogP contribution in [0.1, 0.15) is 109 Å². The molecular weight excluding hydrogens is 513 g/mol. The van der Waals surface area contributed by atoms with Gasteiger partial charge in [-0.25, -0.2) is 13.2 Å². The molecule has 40 heavy (non-hydrogen) atoms. The van der Waals surface area contributed by atoms with Crippen LogP contribution >= 0.6 is 0 Å². The van der Waals surface area contributed by atoms with Crippen LogP contribution in [0.15, 0.2) is 0 Å². The van der Waals surface area contributed by atoms with E-state index in [1.54, 1.807) is 6.92 Å². The summed E-state index contributed by atoms with van der Waals surface area (Å²) in [6.07, 6.45) is 2.78. The molecule has 5 nitrogen and oxygen atoms in total. The van der Waals surface area contributed by atoms with Gasteiger partial charge in [0, 0.05) is 50.2 Å². The third kappa shape index (κ3) is 26.5. The molecule has 0 spiro atoms. The summed E-state index contributed by atoms with van der Waals surface area (Å²) in [5.74, 6) is -0.750. The van der Waals surface area contributed by atoms with Crippen LogP contribution in [-0.4, -0.2) is 98.0 Å². The van der Waals surface area contributed by atoms with E-state index in [0.29, 0.717) is 25.2 Å². The summed E-state index contributed by atoms with van der Waals surface area (Å²) in [6.45, 7) is 35.7. The zero-order chi connectivity index (χ0) is 31.6. The highest BCUT2D eigenvalue weighted by molar-refractivity contribution is 4.97. The summed E-state index contributed by atoms with van der Waals surface area (Å²) >= 11 is 0. The van der Waals surface area contributed by atoms with Crippen molar-refractivity contribution < 1.29 is 17.9 Å². The van der Waals surface area contributed by atoms with E-state index in [2.05, 4.69) is 104 Å². The number of alkyl halides is 3. The van der Waals surface area contributed by atoms with Gasteiger partial charge in [-0.2, -0.15) is 0 Å². The number of nitrogens with zero attached hydrogens (tertiary/aromatic N) is 2. The molecule has 0 atom stereocenters. The average molecular weight is 583 g/mol. The van der Waals surface area contributed by atoms with Gasteiger partial charge in [-0.1, -0.05) is 41.5 Å². The molecular formula is C32H69F3N4O. The molecule has 0 amide bonds. The molecule has 4 aliphatic rings. The van der Waals surface area contributed by atoms with Crippen LogP contribution in [0.5, 0.6) is 0 Å². The van der Waals surface area contributed by atoms with Crippen LogP contribution < -0.4 is 10.6 Å². The minimum atomic E-state index is -2.42. The largest absolute Gasteiger partial charge is 0.379 e. The standard InChI is InChI=1S/C8H16FN.C8H17NO.C4H7F2N.C4H9N.2C4H10/c1-7(2,3)10-5-8(4,9)6-10;1-8(2,3)9-4-6-10-7-5-9;5-4(6)1-2-7-3-4;1-2-4-5-3-1;2*1-4(2)3/h5-6H2,1-4H3;4-7H2,1-3H3;7H,1-3H2;5H,1-4H2;2*4H,1-3H3. The first-order valence-corrected chi connectivity index (χ1v) is 15.6. The van der Waals surface area contributed by atoms with Gasteiger partial charge in [-0.15, -0.1) is 0 Å². The van der Waals surface area contributed by atoms with Crippen LogP contribution in [-0.2, 0) is 4.74 Å². The Morgan fingerprint density at radius 1 is 0.675 bits per heavy atom. The summed E-state index contributed by atoms with van der Waals surface area (Å²) in [5, 5.41) is 5.78. The van der Waals surface area contributed by atoms with E-state index in [1.165, 1.54) is 25.9 Å². The lowest BCUT2D eigenvalue weighted by atomic mass is 9.92. The zero-order valence-electron chi connectivity index (χ0n) is 28.8. The second-order valence-corrected chi connectivity index (χ2v) is 14.9. The van der Waals surface area contributed by atoms with E-state index in [-0.39, 0.29) is 18.5 Å². The van der Waals surface area contributed by atoms with E-state index < -0.39 is 11.6 Å². The maximum absolute atomic E-state index is 12.9. The lowest BCUT2D eigenvalue weighted by Crippen LogP contribution is -2.63. The van der Waals surface area contributed by atoms with Crippen LogP contribution in [0.2, 0.25) is 0 Å². The molecule has 0 radical (unpaired) electrons. The van der Waals surface area contributed by atoms with E-state index in [0.717, 1.165) is 38.1 Å². The minimum Gasteiger partial charge on any atom is -0.379 e. The fraction of sp³-hybridized carbons (Fsp3) is 1.00. The first-order valence-electron chi connectivity index (χ1n) is 15.6. The molecule has 4 rings (SSSR count). The molecule has 8 heteroatoms. The second kappa shape index (κ2) is 20.5. The highest BCUT2D eigenvalue weighted by atomic mass is 19.3. The quantitative estimate of drug-likeness (QED) is 0.315. The smallest absolute Gasteiger partial charge is 0.261 e. The Morgan fingerprint density at radius 3 is 1.23 bits per heavy atom. The Kier molecular flexibility index (Phi) is 21.4. The number of rotatable bonds is 0. The van der Waals surface area contributed by atoms with Gasteiger partial charge in [0.1, 0.15) is 5.67 Å². The summed E-state index contributed by atoms with van der Waals surface area (Å²) in [7, 11) is 0. The Bertz CT molecular complexity index is 557. The SMILES string of the molecule is C1CCNC1.CC(C)(C)N1CCOCC1.CC(C)C.CC(C)C.CC1(F)CN(C(C)(C)C)C1.FC1(F)CCNC1. The van der Waals surface area contributed by atoms with Crippen molar-refractivity contribution in [1.82, 2.24) is 20.4 Å². The molecule has 0 saturated carbocycles. The first-order chi connectivity index (χ1) is 18.1. The summed E-state index contributed by atoms with van der Waals surface area (Å²) in [4.78, 5) is 4.60. The van der Waals surface area contributed by atoms with Crippen LogP contribution in [0, 0.1) is 11.8 Å². The van der Waals surface area contributed by atoms with Crippen molar-refractivity contribution in [3.05, 3.63) is 0 Å². The number of likely N-dealkylation sites (tertiary alicyclic amines) is 1. The number of hydrogen-bond donors (Lipinski definition) is 2. The van der Waals surface area contributed by atoms with Gasteiger partial charge in [0.2, 0.25) is 0 Å². The van der Waals surface area contributed by atoms with E-state index in [4.69, 9.17) is 4.74 Å². The monoisotopic (exact) mass is 583 g/mol. The maximum Gasteiger partial charge on any atom is 0.261 e.